The minimum atomic E-state index is 0.578. The van der Waals surface area contributed by atoms with Gasteiger partial charge in [-0.1, -0.05) is 36.0 Å². The average Bonchev–Trinajstić information content (AvgIpc) is 2.49. The van der Waals surface area contributed by atoms with E-state index in [0.717, 1.165) is 20.8 Å². The van der Waals surface area contributed by atoms with Gasteiger partial charge in [-0.3, -0.25) is 4.98 Å². The van der Waals surface area contributed by atoms with Crippen LogP contribution in [0.1, 0.15) is 5.56 Å². The van der Waals surface area contributed by atoms with Crippen LogP contribution in [0, 0.1) is 11.3 Å². The Hall–Kier alpha value is -2.38. The first-order valence-corrected chi connectivity index (χ1v) is 6.57. The van der Waals surface area contributed by atoms with E-state index in [4.69, 9.17) is 0 Å². The molecule has 0 amide bonds. The highest BCUT2D eigenvalue weighted by molar-refractivity contribution is 7.99. The number of hydrogen-bond donors (Lipinski definition) is 0. The molecule has 0 N–H and O–H groups in total. The summed E-state index contributed by atoms with van der Waals surface area (Å²) in [6, 6.07) is 15.8. The predicted octanol–water partition coefficient (Wildman–Crippen LogP) is 3.65. The Morgan fingerprint density at radius 1 is 1.00 bits per heavy atom. The lowest BCUT2D eigenvalue weighted by Crippen LogP contribution is -1.88. The van der Waals surface area contributed by atoms with E-state index in [1.165, 1.54) is 11.8 Å². The number of pyridine rings is 2. The third-order valence-electron chi connectivity index (χ3n) is 2.69. The van der Waals surface area contributed by atoms with Crippen LogP contribution in [0.5, 0.6) is 0 Å². The lowest BCUT2D eigenvalue weighted by molar-refractivity contribution is 1.13. The second-order valence-corrected chi connectivity index (χ2v) is 4.93. The molecule has 0 aliphatic heterocycles. The lowest BCUT2D eigenvalue weighted by Gasteiger charge is -2.07. The molecule has 0 unspecified atom stereocenters. The summed E-state index contributed by atoms with van der Waals surface area (Å²) in [6.45, 7) is 0. The molecule has 0 radical (unpaired) electrons. The molecule has 0 atom stereocenters. The average molecular weight is 263 g/mol. The Morgan fingerprint density at radius 3 is 2.63 bits per heavy atom. The second-order valence-electron chi connectivity index (χ2n) is 3.90. The Morgan fingerprint density at radius 2 is 1.84 bits per heavy atom. The van der Waals surface area contributed by atoms with Crippen molar-refractivity contribution < 1.29 is 0 Å². The van der Waals surface area contributed by atoms with Crippen LogP contribution in [0.3, 0.4) is 0 Å². The van der Waals surface area contributed by atoms with Crippen LogP contribution in [0.2, 0.25) is 0 Å². The fraction of sp³-hybridized carbons (Fsp3) is 0. The maximum Gasteiger partial charge on any atom is 0.102 e. The predicted molar refractivity (Wildman–Crippen MR) is 74.8 cm³/mol. The quantitative estimate of drug-likeness (QED) is 0.708. The lowest BCUT2D eigenvalue weighted by atomic mass is 10.2. The summed E-state index contributed by atoms with van der Waals surface area (Å²) in [5.74, 6) is 0. The van der Waals surface area contributed by atoms with Crippen LogP contribution in [0.15, 0.2) is 64.8 Å². The van der Waals surface area contributed by atoms with Crippen LogP contribution in [0.4, 0.5) is 0 Å². The van der Waals surface area contributed by atoms with E-state index in [1.54, 1.807) is 12.4 Å². The Kier molecular flexibility index (Phi) is 3.13. The summed E-state index contributed by atoms with van der Waals surface area (Å²) in [6.07, 6.45) is 3.37. The van der Waals surface area contributed by atoms with Crippen molar-refractivity contribution in [2.24, 2.45) is 0 Å². The molecule has 4 heteroatoms. The zero-order valence-electron chi connectivity index (χ0n) is 9.95. The van der Waals surface area contributed by atoms with Gasteiger partial charge in [0, 0.05) is 22.7 Å². The number of fused-ring (bicyclic) bond motifs is 1. The molecule has 2 heterocycles. The first-order chi connectivity index (χ1) is 9.38. The van der Waals surface area contributed by atoms with Crippen molar-refractivity contribution in [3.05, 3.63) is 60.4 Å². The molecule has 0 fully saturated rings. The third kappa shape index (κ3) is 2.28. The summed E-state index contributed by atoms with van der Waals surface area (Å²) in [5.41, 5.74) is 1.47. The van der Waals surface area contributed by atoms with Gasteiger partial charge in [-0.05, 0) is 18.2 Å². The molecule has 0 aliphatic carbocycles. The number of rotatable bonds is 2. The summed E-state index contributed by atoms with van der Waals surface area (Å²) in [5, 5.41) is 11.1. The van der Waals surface area contributed by atoms with Gasteiger partial charge < -0.3 is 0 Å². The third-order valence-corrected chi connectivity index (χ3v) is 3.79. The molecule has 90 valence electrons. The van der Waals surface area contributed by atoms with E-state index in [0.29, 0.717) is 5.56 Å². The van der Waals surface area contributed by atoms with Crippen LogP contribution in [-0.4, -0.2) is 9.97 Å². The molecule has 3 aromatic rings. The standard InChI is InChI=1S/C15H9N3S/c16-9-11-10-18-13-6-2-1-5-12(13)15(11)19-14-7-3-4-8-17-14/h1-8,10H. The van der Waals surface area contributed by atoms with Gasteiger partial charge >= 0.3 is 0 Å². The zero-order valence-corrected chi connectivity index (χ0v) is 10.8. The second kappa shape index (κ2) is 5.09. The van der Waals surface area contributed by atoms with E-state index in [2.05, 4.69) is 16.0 Å². The van der Waals surface area contributed by atoms with Crippen molar-refractivity contribution in [1.29, 1.82) is 5.26 Å². The van der Waals surface area contributed by atoms with Gasteiger partial charge in [0.1, 0.15) is 11.1 Å². The van der Waals surface area contributed by atoms with Gasteiger partial charge in [-0.15, -0.1) is 0 Å². The molecule has 2 aromatic heterocycles. The molecule has 0 saturated heterocycles. The molecule has 1 aromatic carbocycles. The molecule has 0 saturated carbocycles. The van der Waals surface area contributed by atoms with Gasteiger partial charge in [0.25, 0.3) is 0 Å². The molecular formula is C15H9N3S. The highest BCUT2D eigenvalue weighted by Gasteiger charge is 2.10. The summed E-state index contributed by atoms with van der Waals surface area (Å²) >= 11 is 1.49. The number of benzene rings is 1. The van der Waals surface area contributed by atoms with Crippen molar-refractivity contribution in [3.63, 3.8) is 0 Å². The molecule has 3 nitrogen and oxygen atoms in total. The molecule has 0 spiro atoms. The molecule has 0 bridgehead atoms. The molecule has 0 aliphatic rings. The molecule has 3 rings (SSSR count). The molecular weight excluding hydrogens is 254 g/mol. The topological polar surface area (TPSA) is 49.6 Å². The number of aromatic nitrogens is 2. The minimum Gasteiger partial charge on any atom is -0.255 e. The largest absolute Gasteiger partial charge is 0.255 e. The summed E-state index contributed by atoms with van der Waals surface area (Å²) in [4.78, 5) is 9.50. The number of nitrogens with zero attached hydrogens (tertiary/aromatic N) is 3. The van der Waals surface area contributed by atoms with Crippen molar-refractivity contribution in [1.82, 2.24) is 9.97 Å². The van der Waals surface area contributed by atoms with E-state index in [1.807, 2.05) is 42.5 Å². The van der Waals surface area contributed by atoms with E-state index < -0.39 is 0 Å². The Labute approximate surface area is 114 Å². The van der Waals surface area contributed by atoms with E-state index >= 15 is 0 Å². The highest BCUT2D eigenvalue weighted by atomic mass is 32.2. The Balaban J connectivity index is 2.18. The maximum absolute atomic E-state index is 9.23. The van der Waals surface area contributed by atoms with Gasteiger partial charge in [0.05, 0.1) is 11.1 Å². The number of para-hydroxylation sites is 1. The van der Waals surface area contributed by atoms with Crippen LogP contribution in [-0.2, 0) is 0 Å². The van der Waals surface area contributed by atoms with Crippen molar-refractivity contribution in [2.75, 3.05) is 0 Å². The fourth-order valence-electron chi connectivity index (χ4n) is 1.82. The van der Waals surface area contributed by atoms with E-state index in [9.17, 15) is 5.26 Å². The summed E-state index contributed by atoms with van der Waals surface area (Å²) < 4.78 is 0. The zero-order chi connectivity index (χ0) is 13.1. The summed E-state index contributed by atoms with van der Waals surface area (Å²) in [7, 11) is 0. The minimum absolute atomic E-state index is 0.578. The first-order valence-electron chi connectivity index (χ1n) is 5.75. The monoisotopic (exact) mass is 263 g/mol. The van der Waals surface area contributed by atoms with E-state index in [-0.39, 0.29) is 0 Å². The number of nitriles is 1. The van der Waals surface area contributed by atoms with Crippen LogP contribution < -0.4 is 0 Å². The van der Waals surface area contributed by atoms with Crippen molar-refractivity contribution >= 4 is 22.7 Å². The van der Waals surface area contributed by atoms with Gasteiger partial charge in [-0.2, -0.15) is 5.26 Å². The fourth-order valence-corrected chi connectivity index (χ4v) is 2.78. The molecule has 19 heavy (non-hydrogen) atoms. The van der Waals surface area contributed by atoms with Gasteiger partial charge in [0.15, 0.2) is 0 Å². The van der Waals surface area contributed by atoms with Crippen molar-refractivity contribution in [2.45, 2.75) is 9.92 Å². The van der Waals surface area contributed by atoms with Crippen LogP contribution >= 0.6 is 11.8 Å². The maximum atomic E-state index is 9.23. The smallest absolute Gasteiger partial charge is 0.102 e. The SMILES string of the molecule is N#Cc1cnc2ccccc2c1Sc1ccccn1. The number of hydrogen-bond acceptors (Lipinski definition) is 4. The van der Waals surface area contributed by atoms with Crippen molar-refractivity contribution in [3.8, 4) is 6.07 Å². The van der Waals surface area contributed by atoms with Crippen LogP contribution in [0.25, 0.3) is 10.9 Å². The van der Waals surface area contributed by atoms with Gasteiger partial charge in [-0.25, -0.2) is 4.98 Å². The highest BCUT2D eigenvalue weighted by Crippen LogP contribution is 2.34. The normalized spacial score (nSPS) is 10.3. The Bertz CT molecular complexity index is 763. The van der Waals surface area contributed by atoms with Gasteiger partial charge in [0.2, 0.25) is 0 Å². The first kappa shape index (κ1) is 11.7.